The highest BCUT2D eigenvalue weighted by molar-refractivity contribution is 7.18. The molecule has 0 unspecified atom stereocenters. The maximum atomic E-state index is 5.85. The van der Waals surface area contributed by atoms with E-state index in [0.29, 0.717) is 13.2 Å². The lowest BCUT2D eigenvalue weighted by Crippen LogP contribution is -1.92. The first-order valence-electron chi connectivity index (χ1n) is 13.2. The lowest BCUT2D eigenvalue weighted by atomic mass is 10.1. The van der Waals surface area contributed by atoms with Gasteiger partial charge in [-0.25, -0.2) is 0 Å². The van der Waals surface area contributed by atoms with Crippen molar-refractivity contribution in [3.05, 3.63) is 85.0 Å². The van der Waals surface area contributed by atoms with E-state index in [9.17, 15) is 0 Å². The molecule has 2 aromatic carbocycles. The first-order chi connectivity index (χ1) is 17.3. The van der Waals surface area contributed by atoms with Gasteiger partial charge in [0.15, 0.2) is 0 Å². The number of allylic oxidation sites excluding steroid dienone is 2. The van der Waals surface area contributed by atoms with Crippen LogP contribution < -0.4 is 9.47 Å². The van der Waals surface area contributed by atoms with Gasteiger partial charge >= 0.3 is 0 Å². The van der Waals surface area contributed by atoms with Crippen LogP contribution >= 0.6 is 11.3 Å². The SMILES string of the molecule is CCCCCC=CCOc1ccc(-c2ccc(-c3ccc(OCC=CCCCCC)cc3)s2)cc1. The predicted octanol–water partition coefficient (Wildman–Crippen LogP) is 10.1. The van der Waals surface area contributed by atoms with E-state index in [2.05, 4.69) is 98.8 Å². The molecule has 2 nitrogen and oxygen atoms in total. The molecule has 3 aromatic rings. The van der Waals surface area contributed by atoms with Crippen LogP contribution in [-0.4, -0.2) is 13.2 Å². The molecule has 0 aliphatic rings. The molecule has 3 heteroatoms. The summed E-state index contributed by atoms with van der Waals surface area (Å²) in [5.41, 5.74) is 2.43. The number of hydrogen-bond acceptors (Lipinski definition) is 3. The van der Waals surface area contributed by atoms with Gasteiger partial charge in [0.1, 0.15) is 24.7 Å². The van der Waals surface area contributed by atoms with E-state index in [4.69, 9.17) is 9.47 Å². The lowest BCUT2D eigenvalue weighted by molar-refractivity contribution is 0.362. The molecule has 0 saturated heterocycles. The second-order valence-corrected chi connectivity index (χ2v) is 9.85. The van der Waals surface area contributed by atoms with Crippen molar-refractivity contribution in [1.82, 2.24) is 0 Å². The number of ether oxygens (including phenoxy) is 2. The Balaban J connectivity index is 1.46. The van der Waals surface area contributed by atoms with Gasteiger partial charge in [-0.2, -0.15) is 0 Å². The van der Waals surface area contributed by atoms with Gasteiger partial charge < -0.3 is 9.47 Å². The molecule has 0 spiro atoms. The van der Waals surface area contributed by atoms with Crippen molar-refractivity contribution in [1.29, 1.82) is 0 Å². The van der Waals surface area contributed by atoms with Crippen LogP contribution in [0.4, 0.5) is 0 Å². The molecule has 0 aliphatic carbocycles. The second kappa shape index (κ2) is 16.0. The third-order valence-corrected chi connectivity index (χ3v) is 7.04. The first-order valence-corrected chi connectivity index (χ1v) is 14.0. The summed E-state index contributed by atoms with van der Waals surface area (Å²) in [6.45, 7) is 5.72. The number of unbranched alkanes of at least 4 members (excludes halogenated alkanes) is 6. The Morgan fingerprint density at radius 1 is 0.543 bits per heavy atom. The normalized spacial score (nSPS) is 11.5. The van der Waals surface area contributed by atoms with Gasteiger partial charge in [0.25, 0.3) is 0 Å². The summed E-state index contributed by atoms with van der Waals surface area (Å²) in [5.74, 6) is 1.82. The molecule has 0 saturated carbocycles. The maximum absolute atomic E-state index is 5.85. The van der Waals surface area contributed by atoms with E-state index in [1.54, 1.807) is 0 Å². The fourth-order valence-electron chi connectivity index (χ4n) is 3.76. The standard InChI is InChI=1S/C32H40O2S/c1-3-5-7-9-11-13-25-33-29-19-15-27(16-20-29)31-23-24-32(35-31)28-17-21-30(22-18-28)34-26-14-12-10-8-6-4-2/h11-24H,3-10,25-26H2,1-2H3. The molecule has 0 atom stereocenters. The molecule has 3 rings (SSSR count). The van der Waals surface area contributed by atoms with Crippen LogP contribution in [-0.2, 0) is 0 Å². The summed E-state index contributed by atoms with van der Waals surface area (Å²) in [5, 5.41) is 0. The Kier molecular flexibility index (Phi) is 12.3. The Morgan fingerprint density at radius 2 is 0.971 bits per heavy atom. The van der Waals surface area contributed by atoms with Crippen LogP contribution in [0.15, 0.2) is 85.0 Å². The molecule has 1 aromatic heterocycles. The Morgan fingerprint density at radius 3 is 1.37 bits per heavy atom. The average Bonchev–Trinajstić information content (AvgIpc) is 3.39. The summed E-state index contributed by atoms with van der Waals surface area (Å²) in [4.78, 5) is 2.52. The van der Waals surface area contributed by atoms with E-state index in [0.717, 1.165) is 24.3 Å². The van der Waals surface area contributed by atoms with E-state index in [-0.39, 0.29) is 0 Å². The fraction of sp³-hybridized carbons (Fsp3) is 0.375. The van der Waals surface area contributed by atoms with Crippen molar-refractivity contribution < 1.29 is 9.47 Å². The summed E-state index contributed by atoms with van der Waals surface area (Å²) in [6.07, 6.45) is 18.6. The molecule has 0 fully saturated rings. The number of rotatable bonds is 16. The average molecular weight is 489 g/mol. The van der Waals surface area contributed by atoms with Gasteiger partial charge in [-0.15, -0.1) is 11.3 Å². The van der Waals surface area contributed by atoms with Gasteiger partial charge in [-0.1, -0.05) is 63.8 Å². The summed E-state index contributed by atoms with van der Waals surface area (Å²) < 4.78 is 11.7. The highest BCUT2D eigenvalue weighted by Crippen LogP contribution is 2.35. The van der Waals surface area contributed by atoms with Crippen LogP contribution in [0.1, 0.15) is 65.2 Å². The van der Waals surface area contributed by atoms with Gasteiger partial charge in [0, 0.05) is 9.75 Å². The minimum atomic E-state index is 0.629. The van der Waals surface area contributed by atoms with Gasteiger partial charge in [0.05, 0.1) is 0 Å². The monoisotopic (exact) mass is 488 g/mol. The van der Waals surface area contributed by atoms with Gasteiger partial charge in [-0.3, -0.25) is 0 Å². The highest BCUT2D eigenvalue weighted by Gasteiger charge is 2.06. The molecule has 35 heavy (non-hydrogen) atoms. The molecule has 1 heterocycles. The Hall–Kier alpha value is -2.78. The number of benzene rings is 2. The molecular formula is C32H40O2S. The first kappa shape index (κ1) is 26.8. The quantitative estimate of drug-likeness (QED) is 0.147. The van der Waals surface area contributed by atoms with Gasteiger partial charge in [-0.05, 0) is 97.5 Å². The minimum Gasteiger partial charge on any atom is -0.490 e. The molecular weight excluding hydrogens is 448 g/mol. The largest absolute Gasteiger partial charge is 0.490 e. The summed E-state index contributed by atoms with van der Waals surface area (Å²) in [6, 6.07) is 21.2. The molecule has 0 N–H and O–H groups in total. The fourth-order valence-corrected chi connectivity index (χ4v) is 4.78. The lowest BCUT2D eigenvalue weighted by Gasteiger charge is -2.05. The third kappa shape index (κ3) is 9.78. The third-order valence-electron chi connectivity index (χ3n) is 5.86. The topological polar surface area (TPSA) is 18.5 Å². The van der Waals surface area contributed by atoms with Crippen LogP contribution in [0.25, 0.3) is 20.9 Å². The zero-order valence-electron chi connectivity index (χ0n) is 21.4. The molecule has 0 bridgehead atoms. The maximum Gasteiger partial charge on any atom is 0.119 e. The zero-order chi connectivity index (χ0) is 24.6. The second-order valence-electron chi connectivity index (χ2n) is 8.77. The molecule has 0 aliphatic heterocycles. The number of hydrogen-bond donors (Lipinski definition) is 0. The Labute approximate surface area is 216 Å². The van der Waals surface area contributed by atoms with E-state index >= 15 is 0 Å². The van der Waals surface area contributed by atoms with Crippen LogP contribution in [0, 0.1) is 0 Å². The summed E-state index contributed by atoms with van der Waals surface area (Å²) >= 11 is 1.81. The minimum absolute atomic E-state index is 0.629. The van der Waals surface area contributed by atoms with Crippen molar-refractivity contribution in [2.24, 2.45) is 0 Å². The van der Waals surface area contributed by atoms with Crippen LogP contribution in [0.5, 0.6) is 11.5 Å². The van der Waals surface area contributed by atoms with E-state index in [1.807, 2.05) is 11.3 Å². The van der Waals surface area contributed by atoms with Crippen molar-refractivity contribution in [2.75, 3.05) is 13.2 Å². The van der Waals surface area contributed by atoms with Crippen LogP contribution in [0.3, 0.4) is 0 Å². The molecule has 0 amide bonds. The van der Waals surface area contributed by atoms with Crippen molar-refractivity contribution >= 4 is 11.3 Å². The highest BCUT2D eigenvalue weighted by atomic mass is 32.1. The number of thiophene rings is 1. The molecule has 0 radical (unpaired) electrons. The zero-order valence-corrected chi connectivity index (χ0v) is 22.2. The Bertz CT molecular complexity index is 930. The van der Waals surface area contributed by atoms with Crippen molar-refractivity contribution in [3.63, 3.8) is 0 Å². The van der Waals surface area contributed by atoms with E-state index < -0.39 is 0 Å². The van der Waals surface area contributed by atoms with E-state index in [1.165, 1.54) is 59.4 Å². The van der Waals surface area contributed by atoms with Crippen molar-refractivity contribution in [2.45, 2.75) is 65.2 Å². The van der Waals surface area contributed by atoms with Crippen molar-refractivity contribution in [3.8, 4) is 32.4 Å². The van der Waals surface area contributed by atoms with Crippen LogP contribution in [0.2, 0.25) is 0 Å². The summed E-state index contributed by atoms with van der Waals surface area (Å²) in [7, 11) is 0. The molecule has 186 valence electrons. The predicted molar refractivity (Wildman–Crippen MR) is 153 cm³/mol. The smallest absolute Gasteiger partial charge is 0.119 e. The van der Waals surface area contributed by atoms with Gasteiger partial charge in [0.2, 0.25) is 0 Å².